The summed E-state index contributed by atoms with van der Waals surface area (Å²) in [5, 5.41) is 7.36. The van der Waals surface area contributed by atoms with E-state index >= 15 is 0 Å². The van der Waals surface area contributed by atoms with E-state index in [1.54, 1.807) is 0 Å². The molecule has 0 N–H and O–H groups in total. The third-order valence-electron chi connectivity index (χ3n) is 9.31. The number of furan rings is 1. The predicted molar refractivity (Wildman–Crippen MR) is 195 cm³/mol. The Bertz CT molecular complexity index is 2570. The molecular formula is C45H30O. The summed E-state index contributed by atoms with van der Waals surface area (Å²) in [7, 11) is 0. The summed E-state index contributed by atoms with van der Waals surface area (Å²) in [6, 6.07) is 59.1. The van der Waals surface area contributed by atoms with E-state index in [4.69, 9.17) is 4.42 Å². The van der Waals surface area contributed by atoms with E-state index in [-0.39, 0.29) is 0 Å². The average Bonchev–Trinajstić information content (AvgIpc) is 3.50. The molecule has 8 aromatic carbocycles. The quantitative estimate of drug-likeness (QED) is 0.187. The Morgan fingerprint density at radius 1 is 0.348 bits per heavy atom. The molecule has 46 heavy (non-hydrogen) atoms. The molecule has 0 saturated heterocycles. The van der Waals surface area contributed by atoms with Crippen LogP contribution in [0.1, 0.15) is 5.56 Å². The molecule has 0 fully saturated rings. The van der Waals surface area contributed by atoms with Gasteiger partial charge in [0.25, 0.3) is 0 Å². The minimum absolute atomic E-state index is 0.917. The summed E-state index contributed by atoms with van der Waals surface area (Å²) in [6.07, 6.45) is 0. The van der Waals surface area contributed by atoms with Crippen LogP contribution in [0.3, 0.4) is 0 Å². The molecule has 0 atom stereocenters. The Kier molecular flexibility index (Phi) is 6.11. The molecule has 9 rings (SSSR count). The summed E-state index contributed by atoms with van der Waals surface area (Å²) in [4.78, 5) is 0. The second-order valence-electron chi connectivity index (χ2n) is 12.2. The van der Waals surface area contributed by atoms with Crippen LogP contribution in [0.15, 0.2) is 168 Å². The van der Waals surface area contributed by atoms with Gasteiger partial charge in [0.2, 0.25) is 0 Å². The van der Waals surface area contributed by atoms with Crippen LogP contribution in [0.4, 0.5) is 0 Å². The van der Waals surface area contributed by atoms with E-state index in [9.17, 15) is 0 Å². The van der Waals surface area contributed by atoms with Crippen molar-refractivity contribution < 1.29 is 4.42 Å². The zero-order valence-corrected chi connectivity index (χ0v) is 25.5. The van der Waals surface area contributed by atoms with Crippen molar-refractivity contribution in [1.29, 1.82) is 0 Å². The molecule has 0 unspecified atom stereocenters. The number of hydrogen-bond donors (Lipinski definition) is 0. The zero-order valence-electron chi connectivity index (χ0n) is 25.5. The monoisotopic (exact) mass is 586 g/mol. The maximum absolute atomic E-state index is 6.41. The normalized spacial score (nSPS) is 11.6. The van der Waals surface area contributed by atoms with Crippen LogP contribution in [0.2, 0.25) is 0 Å². The fraction of sp³-hybridized carbons (Fsp3) is 0.0222. The summed E-state index contributed by atoms with van der Waals surface area (Å²) in [5.74, 6) is 0. The molecular weight excluding hydrogens is 556 g/mol. The molecule has 0 bridgehead atoms. The number of rotatable bonds is 4. The molecule has 1 nitrogen and oxygen atoms in total. The first-order chi connectivity index (χ1) is 22.7. The summed E-state index contributed by atoms with van der Waals surface area (Å²) in [6.45, 7) is 2.18. The second-order valence-corrected chi connectivity index (χ2v) is 12.2. The Hall–Kier alpha value is -5.92. The minimum atomic E-state index is 0.917. The highest BCUT2D eigenvalue weighted by atomic mass is 16.3. The molecule has 1 heterocycles. The first-order valence-electron chi connectivity index (χ1n) is 15.8. The van der Waals surface area contributed by atoms with Crippen LogP contribution >= 0.6 is 0 Å². The van der Waals surface area contributed by atoms with E-state index in [1.807, 2.05) is 12.1 Å². The van der Waals surface area contributed by atoms with Gasteiger partial charge in [-0.3, -0.25) is 0 Å². The van der Waals surface area contributed by atoms with Gasteiger partial charge < -0.3 is 4.42 Å². The molecule has 0 saturated carbocycles. The van der Waals surface area contributed by atoms with Gasteiger partial charge in [-0.1, -0.05) is 151 Å². The number of benzene rings is 8. The van der Waals surface area contributed by atoms with Gasteiger partial charge in [0, 0.05) is 16.3 Å². The van der Waals surface area contributed by atoms with E-state index in [0.717, 1.165) is 33.1 Å². The van der Waals surface area contributed by atoms with Gasteiger partial charge in [0.15, 0.2) is 0 Å². The Labute approximate surface area is 268 Å². The molecule has 216 valence electrons. The smallest absolute Gasteiger partial charge is 0.143 e. The van der Waals surface area contributed by atoms with Crippen LogP contribution in [0.5, 0.6) is 0 Å². The topological polar surface area (TPSA) is 13.1 Å². The molecule has 1 heteroatoms. The summed E-state index contributed by atoms with van der Waals surface area (Å²) >= 11 is 0. The second kappa shape index (κ2) is 10.6. The molecule has 9 aromatic rings. The van der Waals surface area contributed by atoms with Crippen molar-refractivity contribution in [3.05, 3.63) is 169 Å². The van der Waals surface area contributed by atoms with Crippen LogP contribution in [0.25, 0.3) is 88.0 Å². The first-order valence-corrected chi connectivity index (χ1v) is 15.8. The van der Waals surface area contributed by atoms with Gasteiger partial charge in [-0.05, 0) is 85.6 Å². The number of aryl methyl sites for hydroxylation is 1. The van der Waals surface area contributed by atoms with Gasteiger partial charge in [0.1, 0.15) is 11.2 Å². The number of hydrogen-bond acceptors (Lipinski definition) is 1. The van der Waals surface area contributed by atoms with E-state index in [2.05, 4.69) is 159 Å². The van der Waals surface area contributed by atoms with Crippen molar-refractivity contribution >= 4 is 43.5 Å². The van der Waals surface area contributed by atoms with Crippen molar-refractivity contribution in [2.24, 2.45) is 0 Å². The lowest BCUT2D eigenvalue weighted by atomic mass is 9.84. The van der Waals surface area contributed by atoms with Crippen molar-refractivity contribution in [2.75, 3.05) is 0 Å². The van der Waals surface area contributed by atoms with E-state index in [0.29, 0.717) is 0 Å². The summed E-state index contributed by atoms with van der Waals surface area (Å²) < 4.78 is 6.41. The van der Waals surface area contributed by atoms with Crippen LogP contribution in [-0.4, -0.2) is 0 Å². The van der Waals surface area contributed by atoms with Crippen LogP contribution in [0, 0.1) is 6.92 Å². The lowest BCUT2D eigenvalue weighted by Crippen LogP contribution is -1.92. The summed E-state index contributed by atoms with van der Waals surface area (Å²) in [5.41, 5.74) is 12.7. The molecule has 0 radical (unpaired) electrons. The molecule has 0 aliphatic carbocycles. The fourth-order valence-electron chi connectivity index (χ4n) is 7.19. The van der Waals surface area contributed by atoms with Crippen molar-refractivity contribution in [2.45, 2.75) is 6.92 Å². The average molecular weight is 587 g/mol. The lowest BCUT2D eigenvalue weighted by Gasteiger charge is -2.19. The highest BCUT2D eigenvalue weighted by Gasteiger charge is 2.18. The van der Waals surface area contributed by atoms with Crippen molar-refractivity contribution in [3.63, 3.8) is 0 Å². The molecule has 0 spiro atoms. The zero-order chi connectivity index (χ0) is 30.6. The third kappa shape index (κ3) is 4.24. The number of para-hydroxylation sites is 2. The molecule has 0 aliphatic heterocycles. The third-order valence-corrected chi connectivity index (χ3v) is 9.31. The van der Waals surface area contributed by atoms with E-state index < -0.39 is 0 Å². The van der Waals surface area contributed by atoms with Gasteiger partial charge in [-0.15, -0.1) is 0 Å². The van der Waals surface area contributed by atoms with Gasteiger partial charge in [0.05, 0.1) is 0 Å². The van der Waals surface area contributed by atoms with Gasteiger partial charge in [-0.2, -0.15) is 0 Å². The van der Waals surface area contributed by atoms with Gasteiger partial charge >= 0.3 is 0 Å². The predicted octanol–water partition coefficient (Wildman–Crippen LogP) is 12.9. The Morgan fingerprint density at radius 2 is 0.913 bits per heavy atom. The Morgan fingerprint density at radius 3 is 1.67 bits per heavy atom. The Balaban J connectivity index is 1.30. The fourth-order valence-corrected chi connectivity index (χ4v) is 7.19. The maximum atomic E-state index is 6.41. The largest absolute Gasteiger partial charge is 0.455 e. The minimum Gasteiger partial charge on any atom is -0.455 e. The van der Waals surface area contributed by atoms with Crippen molar-refractivity contribution in [3.8, 4) is 44.5 Å². The molecule has 1 aromatic heterocycles. The van der Waals surface area contributed by atoms with Crippen LogP contribution in [-0.2, 0) is 0 Å². The van der Waals surface area contributed by atoms with Crippen molar-refractivity contribution in [1.82, 2.24) is 0 Å². The standard InChI is InChI=1S/C45H30O/c1-29-22-24-37-40(26-29)43(30-12-4-2-5-13-30)38-25-23-33(28-41(38)44(37)31-14-6-3-7-15-31)32-16-10-17-34(27-32)35-19-11-20-39-36-18-8-9-21-42(36)46-45(35)39/h2-28H,1H3. The molecule has 0 amide bonds. The van der Waals surface area contributed by atoms with E-state index in [1.165, 1.54) is 60.5 Å². The lowest BCUT2D eigenvalue weighted by molar-refractivity contribution is 0.670. The first kappa shape index (κ1) is 26.5. The highest BCUT2D eigenvalue weighted by molar-refractivity contribution is 6.22. The van der Waals surface area contributed by atoms with Crippen LogP contribution < -0.4 is 0 Å². The SMILES string of the molecule is Cc1ccc2c(-c3ccccc3)c3cc(-c4cccc(-c5cccc6c5oc5ccccc56)c4)ccc3c(-c3ccccc3)c2c1. The maximum Gasteiger partial charge on any atom is 0.143 e. The highest BCUT2D eigenvalue weighted by Crippen LogP contribution is 2.45. The van der Waals surface area contributed by atoms with Gasteiger partial charge in [-0.25, -0.2) is 0 Å². The number of fused-ring (bicyclic) bond motifs is 5. The molecule has 0 aliphatic rings.